The molecule has 8 nitrogen and oxygen atoms in total. The number of hydrogen-bond acceptors (Lipinski definition) is 4. The summed E-state index contributed by atoms with van der Waals surface area (Å²) in [5.74, 6) is -0.537. The fourth-order valence-corrected chi connectivity index (χ4v) is 5.27. The van der Waals surface area contributed by atoms with Crippen molar-refractivity contribution in [3.05, 3.63) is 106 Å². The SMILES string of the molecule is O=C(NC1CCCCC1)C(c1ccc([N+](=O)[O-])cc1)N(C(=O)Cc1c[nH]c2ccccc12)c1ccccc1. The molecule has 1 aliphatic rings. The van der Waals surface area contributed by atoms with Crippen LogP contribution in [-0.2, 0) is 16.0 Å². The maximum absolute atomic E-state index is 14.1. The predicted octanol–water partition coefficient (Wildman–Crippen LogP) is 5.84. The molecular weight excluding hydrogens is 480 g/mol. The number of aromatic nitrogens is 1. The maximum atomic E-state index is 14.1. The van der Waals surface area contributed by atoms with Gasteiger partial charge in [0.15, 0.2) is 0 Å². The van der Waals surface area contributed by atoms with Gasteiger partial charge in [0, 0.05) is 41.0 Å². The van der Waals surface area contributed by atoms with E-state index in [-0.39, 0.29) is 30.0 Å². The number of fused-ring (bicyclic) bond motifs is 1. The molecule has 2 amide bonds. The first-order chi connectivity index (χ1) is 18.5. The highest BCUT2D eigenvalue weighted by Crippen LogP contribution is 2.31. The number of benzene rings is 3. The summed E-state index contributed by atoms with van der Waals surface area (Å²) < 4.78 is 0. The van der Waals surface area contributed by atoms with Crippen LogP contribution >= 0.6 is 0 Å². The summed E-state index contributed by atoms with van der Waals surface area (Å²) >= 11 is 0. The number of aromatic amines is 1. The number of nitro benzene ring substituents is 1. The first kappa shape index (κ1) is 25.2. The summed E-state index contributed by atoms with van der Waals surface area (Å²) in [6.07, 6.45) is 6.95. The van der Waals surface area contributed by atoms with Crippen molar-refractivity contribution in [1.29, 1.82) is 0 Å². The van der Waals surface area contributed by atoms with Crippen LogP contribution in [0.2, 0.25) is 0 Å². The molecule has 2 N–H and O–H groups in total. The van der Waals surface area contributed by atoms with Crippen molar-refractivity contribution in [3.8, 4) is 0 Å². The monoisotopic (exact) mass is 510 g/mol. The summed E-state index contributed by atoms with van der Waals surface area (Å²) in [6, 6.07) is 21.8. The Labute approximate surface area is 220 Å². The largest absolute Gasteiger partial charge is 0.361 e. The third-order valence-corrected chi connectivity index (χ3v) is 7.20. The van der Waals surface area contributed by atoms with Crippen molar-refractivity contribution in [2.45, 2.75) is 50.6 Å². The lowest BCUT2D eigenvalue weighted by atomic mass is 9.94. The van der Waals surface area contributed by atoms with E-state index in [1.165, 1.54) is 17.0 Å². The number of para-hydroxylation sites is 2. The van der Waals surface area contributed by atoms with E-state index in [4.69, 9.17) is 0 Å². The molecule has 1 saturated carbocycles. The summed E-state index contributed by atoms with van der Waals surface area (Å²) in [6.45, 7) is 0. The Morgan fingerprint density at radius 2 is 1.63 bits per heavy atom. The standard InChI is InChI=1S/C30H30N4O4/c35-28(19-22-20-31-27-14-8-7-13-26(22)27)33(24-11-5-2-6-12-24)29(21-15-17-25(18-16-21)34(37)38)30(36)32-23-9-3-1-4-10-23/h2,5-8,11-18,20,23,29,31H,1,3-4,9-10,19H2,(H,32,36). The summed E-state index contributed by atoms with van der Waals surface area (Å²) in [5, 5.41) is 15.4. The van der Waals surface area contributed by atoms with Crippen molar-refractivity contribution in [3.63, 3.8) is 0 Å². The molecule has 4 aromatic rings. The van der Waals surface area contributed by atoms with Gasteiger partial charge in [-0.15, -0.1) is 0 Å². The van der Waals surface area contributed by atoms with Crippen molar-refractivity contribution in [1.82, 2.24) is 10.3 Å². The number of carbonyl (C=O) groups excluding carboxylic acids is 2. The van der Waals surface area contributed by atoms with E-state index in [1.54, 1.807) is 24.3 Å². The zero-order valence-electron chi connectivity index (χ0n) is 21.0. The molecular formula is C30H30N4O4. The topological polar surface area (TPSA) is 108 Å². The number of nitrogens with one attached hydrogen (secondary N) is 2. The van der Waals surface area contributed by atoms with Crippen LogP contribution in [0.3, 0.4) is 0 Å². The van der Waals surface area contributed by atoms with Crippen LogP contribution in [0.1, 0.15) is 49.3 Å². The maximum Gasteiger partial charge on any atom is 0.269 e. The van der Waals surface area contributed by atoms with E-state index in [0.717, 1.165) is 48.6 Å². The Morgan fingerprint density at radius 1 is 0.947 bits per heavy atom. The third kappa shape index (κ3) is 5.44. The number of rotatable bonds is 8. The molecule has 0 aliphatic heterocycles. The number of amides is 2. The van der Waals surface area contributed by atoms with Gasteiger partial charge in [-0.2, -0.15) is 0 Å². The highest BCUT2D eigenvalue weighted by Gasteiger charge is 2.34. The van der Waals surface area contributed by atoms with Crippen LogP contribution in [-0.4, -0.2) is 27.8 Å². The van der Waals surface area contributed by atoms with Crippen molar-refractivity contribution in [2.75, 3.05) is 4.90 Å². The van der Waals surface area contributed by atoms with E-state index in [9.17, 15) is 19.7 Å². The normalized spacial score (nSPS) is 14.6. The van der Waals surface area contributed by atoms with Gasteiger partial charge < -0.3 is 10.3 Å². The summed E-state index contributed by atoms with van der Waals surface area (Å²) in [5.41, 5.74) is 2.79. The molecule has 1 atom stereocenters. The lowest BCUT2D eigenvalue weighted by molar-refractivity contribution is -0.384. The average molecular weight is 511 g/mol. The zero-order valence-corrected chi connectivity index (χ0v) is 21.0. The van der Waals surface area contributed by atoms with E-state index in [0.29, 0.717) is 11.3 Å². The number of non-ortho nitro benzene ring substituents is 1. The van der Waals surface area contributed by atoms with Gasteiger partial charge in [0.25, 0.3) is 5.69 Å². The van der Waals surface area contributed by atoms with Gasteiger partial charge in [0.05, 0.1) is 11.3 Å². The highest BCUT2D eigenvalue weighted by molar-refractivity contribution is 6.03. The van der Waals surface area contributed by atoms with Crippen LogP contribution in [0.4, 0.5) is 11.4 Å². The molecule has 1 unspecified atom stereocenters. The molecule has 3 aromatic carbocycles. The van der Waals surface area contributed by atoms with E-state index in [2.05, 4.69) is 10.3 Å². The molecule has 38 heavy (non-hydrogen) atoms. The van der Waals surface area contributed by atoms with Gasteiger partial charge in [-0.25, -0.2) is 0 Å². The summed E-state index contributed by atoms with van der Waals surface area (Å²) in [4.78, 5) is 43.5. The van der Waals surface area contributed by atoms with E-state index in [1.807, 2.05) is 48.7 Å². The highest BCUT2D eigenvalue weighted by atomic mass is 16.6. The second-order valence-corrected chi connectivity index (χ2v) is 9.73. The molecule has 5 rings (SSSR count). The molecule has 1 fully saturated rings. The number of hydrogen-bond donors (Lipinski definition) is 2. The number of nitrogens with zero attached hydrogens (tertiary/aromatic N) is 2. The smallest absolute Gasteiger partial charge is 0.269 e. The minimum absolute atomic E-state index is 0.0399. The van der Waals surface area contributed by atoms with Crippen LogP contribution in [0.25, 0.3) is 10.9 Å². The molecule has 1 aliphatic carbocycles. The molecule has 194 valence electrons. The number of H-pyrrole nitrogens is 1. The van der Waals surface area contributed by atoms with Crippen LogP contribution in [0.15, 0.2) is 85.1 Å². The lowest BCUT2D eigenvalue weighted by Gasteiger charge is -2.33. The van der Waals surface area contributed by atoms with E-state index < -0.39 is 11.0 Å². The Balaban J connectivity index is 1.55. The minimum Gasteiger partial charge on any atom is -0.361 e. The average Bonchev–Trinajstić information content (AvgIpc) is 3.35. The molecule has 0 bridgehead atoms. The van der Waals surface area contributed by atoms with E-state index >= 15 is 0 Å². The fraction of sp³-hybridized carbons (Fsp3) is 0.267. The Bertz CT molecular complexity index is 1430. The fourth-order valence-electron chi connectivity index (χ4n) is 5.27. The molecule has 1 heterocycles. The van der Waals surface area contributed by atoms with Crippen molar-refractivity contribution < 1.29 is 14.5 Å². The van der Waals surface area contributed by atoms with Crippen molar-refractivity contribution in [2.24, 2.45) is 0 Å². The zero-order chi connectivity index (χ0) is 26.5. The molecule has 0 spiro atoms. The number of nitro groups is 1. The Kier molecular flexibility index (Phi) is 7.49. The quantitative estimate of drug-likeness (QED) is 0.229. The first-order valence-corrected chi connectivity index (χ1v) is 13.0. The number of carbonyl (C=O) groups is 2. The second kappa shape index (κ2) is 11.3. The lowest BCUT2D eigenvalue weighted by Crippen LogP contribution is -2.47. The summed E-state index contributed by atoms with van der Waals surface area (Å²) in [7, 11) is 0. The van der Waals surface area contributed by atoms with Crippen LogP contribution in [0.5, 0.6) is 0 Å². The van der Waals surface area contributed by atoms with Gasteiger partial charge in [0.1, 0.15) is 6.04 Å². The Morgan fingerprint density at radius 3 is 2.34 bits per heavy atom. The van der Waals surface area contributed by atoms with Crippen LogP contribution in [0, 0.1) is 10.1 Å². The molecule has 1 aromatic heterocycles. The second-order valence-electron chi connectivity index (χ2n) is 9.73. The van der Waals surface area contributed by atoms with Gasteiger partial charge in [0.2, 0.25) is 11.8 Å². The van der Waals surface area contributed by atoms with Gasteiger partial charge in [-0.3, -0.25) is 24.6 Å². The van der Waals surface area contributed by atoms with Gasteiger partial charge in [-0.05, 0) is 54.3 Å². The number of anilines is 1. The molecule has 0 radical (unpaired) electrons. The van der Waals surface area contributed by atoms with Gasteiger partial charge in [-0.1, -0.05) is 55.7 Å². The van der Waals surface area contributed by atoms with Gasteiger partial charge >= 0.3 is 0 Å². The predicted molar refractivity (Wildman–Crippen MR) is 147 cm³/mol. The van der Waals surface area contributed by atoms with Crippen molar-refractivity contribution >= 4 is 34.1 Å². The Hall–Kier alpha value is -4.46. The third-order valence-electron chi connectivity index (χ3n) is 7.20. The first-order valence-electron chi connectivity index (χ1n) is 13.0. The molecule has 0 saturated heterocycles. The minimum atomic E-state index is -0.988. The van der Waals surface area contributed by atoms with Crippen LogP contribution < -0.4 is 10.2 Å². The molecule has 8 heteroatoms.